The number of para-hydroxylation sites is 1. The fourth-order valence-electron chi connectivity index (χ4n) is 2.11. The lowest BCUT2D eigenvalue weighted by atomic mass is 10.1. The molecule has 0 saturated carbocycles. The van der Waals surface area contributed by atoms with Crippen molar-refractivity contribution >= 4 is 22.4 Å². The van der Waals surface area contributed by atoms with Gasteiger partial charge in [0.05, 0.1) is 5.52 Å². The molecule has 0 amide bonds. The van der Waals surface area contributed by atoms with Gasteiger partial charge in [-0.25, -0.2) is 4.98 Å². The Morgan fingerprint density at radius 3 is 2.80 bits per heavy atom. The van der Waals surface area contributed by atoms with Gasteiger partial charge in [-0.05, 0) is 50.3 Å². The van der Waals surface area contributed by atoms with Crippen molar-refractivity contribution < 1.29 is 0 Å². The Morgan fingerprint density at radius 2 is 2.05 bits per heavy atom. The van der Waals surface area contributed by atoms with Gasteiger partial charge in [0, 0.05) is 11.1 Å². The summed E-state index contributed by atoms with van der Waals surface area (Å²) in [6.45, 7) is 8.62. The lowest BCUT2D eigenvalue weighted by molar-refractivity contribution is 0.603. The van der Waals surface area contributed by atoms with Gasteiger partial charge >= 0.3 is 0 Å². The smallest absolute Gasteiger partial charge is 0.147 e. The molecule has 1 N–H and O–H groups in total. The molecular weight excluding hydrogens is 246 g/mol. The Hall–Kier alpha value is -1.90. The Labute approximate surface area is 121 Å². The number of hydrazone groups is 1. The van der Waals surface area contributed by atoms with E-state index in [0.717, 1.165) is 23.5 Å². The van der Waals surface area contributed by atoms with Gasteiger partial charge in [0.25, 0.3) is 0 Å². The molecule has 0 atom stereocenters. The minimum atomic E-state index is 0.709. The maximum Gasteiger partial charge on any atom is 0.147 e. The van der Waals surface area contributed by atoms with E-state index in [0.29, 0.717) is 5.92 Å². The molecule has 2 rings (SSSR count). The van der Waals surface area contributed by atoms with E-state index in [1.807, 2.05) is 24.3 Å². The van der Waals surface area contributed by atoms with Crippen LogP contribution in [0.25, 0.3) is 10.9 Å². The highest BCUT2D eigenvalue weighted by molar-refractivity contribution is 5.85. The Balaban J connectivity index is 2.12. The van der Waals surface area contributed by atoms with Gasteiger partial charge < -0.3 is 0 Å². The second-order valence-corrected chi connectivity index (χ2v) is 5.73. The van der Waals surface area contributed by atoms with Crippen molar-refractivity contribution in [1.29, 1.82) is 0 Å². The first-order valence-electron chi connectivity index (χ1n) is 7.22. The molecule has 0 aliphatic heterocycles. The summed E-state index contributed by atoms with van der Waals surface area (Å²) >= 11 is 0. The highest BCUT2D eigenvalue weighted by Crippen LogP contribution is 2.19. The van der Waals surface area contributed by atoms with Gasteiger partial charge in [-0.3, -0.25) is 5.43 Å². The van der Waals surface area contributed by atoms with Crippen LogP contribution < -0.4 is 5.43 Å². The highest BCUT2D eigenvalue weighted by Gasteiger charge is 2.02. The zero-order valence-electron chi connectivity index (χ0n) is 12.8. The van der Waals surface area contributed by atoms with Crippen LogP contribution in [0, 0.1) is 12.8 Å². The molecule has 0 saturated heterocycles. The maximum absolute atomic E-state index is 4.59. The first-order valence-corrected chi connectivity index (χ1v) is 7.22. The van der Waals surface area contributed by atoms with E-state index in [4.69, 9.17) is 0 Å². The molecule has 20 heavy (non-hydrogen) atoms. The van der Waals surface area contributed by atoms with Gasteiger partial charge in [-0.1, -0.05) is 32.0 Å². The predicted octanol–water partition coefficient (Wildman–Crippen LogP) is 4.77. The van der Waals surface area contributed by atoms with Gasteiger partial charge in [-0.15, -0.1) is 0 Å². The fraction of sp³-hybridized carbons (Fsp3) is 0.412. The first-order chi connectivity index (χ1) is 9.56. The number of benzene rings is 1. The number of aryl methyl sites for hydroxylation is 1. The molecule has 1 aromatic carbocycles. The Bertz CT molecular complexity index is 615. The number of hydrogen-bond donors (Lipinski definition) is 1. The number of aromatic nitrogens is 1. The molecule has 0 radical (unpaired) electrons. The average molecular weight is 269 g/mol. The standard InChI is InChI=1S/C17H23N3/c1-12(2)9-10-14(4)19-20-17-11-13(3)15-7-5-6-8-16(15)18-17/h5-8,11-12H,9-10H2,1-4H3,(H,18,20)/b19-14-. The Morgan fingerprint density at radius 1 is 1.30 bits per heavy atom. The van der Waals surface area contributed by atoms with Gasteiger partial charge in [-0.2, -0.15) is 5.10 Å². The van der Waals surface area contributed by atoms with Crippen LogP contribution in [0.1, 0.15) is 39.2 Å². The third-order valence-electron chi connectivity index (χ3n) is 3.37. The molecule has 3 heteroatoms. The van der Waals surface area contributed by atoms with E-state index < -0.39 is 0 Å². The molecular formula is C17H23N3. The summed E-state index contributed by atoms with van der Waals surface area (Å²) in [6, 6.07) is 10.2. The van der Waals surface area contributed by atoms with Gasteiger partial charge in [0.15, 0.2) is 0 Å². The maximum atomic E-state index is 4.59. The Kier molecular flexibility index (Phi) is 4.72. The number of hydrogen-bond acceptors (Lipinski definition) is 3. The lowest BCUT2D eigenvalue weighted by Gasteiger charge is -2.07. The van der Waals surface area contributed by atoms with Crippen LogP contribution in [0.4, 0.5) is 5.82 Å². The predicted molar refractivity (Wildman–Crippen MR) is 87.3 cm³/mol. The van der Waals surface area contributed by atoms with E-state index in [1.165, 1.54) is 17.4 Å². The van der Waals surface area contributed by atoms with Crippen molar-refractivity contribution in [2.45, 2.75) is 40.5 Å². The zero-order valence-corrected chi connectivity index (χ0v) is 12.8. The summed E-state index contributed by atoms with van der Waals surface area (Å²) in [5.41, 5.74) is 6.42. The van der Waals surface area contributed by atoms with E-state index in [-0.39, 0.29) is 0 Å². The highest BCUT2D eigenvalue weighted by atomic mass is 15.3. The average Bonchev–Trinajstić information content (AvgIpc) is 2.43. The normalized spacial score (nSPS) is 12.2. The van der Waals surface area contributed by atoms with Gasteiger partial charge in [0.2, 0.25) is 0 Å². The summed E-state index contributed by atoms with van der Waals surface area (Å²) in [6.07, 6.45) is 2.19. The van der Waals surface area contributed by atoms with Crippen LogP contribution in [0.15, 0.2) is 35.4 Å². The van der Waals surface area contributed by atoms with Crippen molar-refractivity contribution in [3.8, 4) is 0 Å². The molecule has 2 aromatic rings. The van der Waals surface area contributed by atoms with E-state index in [2.05, 4.69) is 49.3 Å². The van der Waals surface area contributed by atoms with Crippen molar-refractivity contribution in [3.63, 3.8) is 0 Å². The van der Waals surface area contributed by atoms with E-state index >= 15 is 0 Å². The fourth-order valence-corrected chi connectivity index (χ4v) is 2.11. The summed E-state index contributed by atoms with van der Waals surface area (Å²) < 4.78 is 0. The molecule has 1 heterocycles. The SMILES string of the molecule is C/C(CCC(C)C)=N/Nc1cc(C)c2ccccc2n1. The third-order valence-corrected chi connectivity index (χ3v) is 3.37. The topological polar surface area (TPSA) is 37.3 Å². The molecule has 3 nitrogen and oxygen atoms in total. The second-order valence-electron chi connectivity index (χ2n) is 5.73. The van der Waals surface area contributed by atoms with Crippen LogP contribution >= 0.6 is 0 Å². The van der Waals surface area contributed by atoms with Crippen LogP contribution in [0.5, 0.6) is 0 Å². The number of fused-ring (bicyclic) bond motifs is 1. The molecule has 1 aromatic heterocycles. The monoisotopic (exact) mass is 269 g/mol. The van der Waals surface area contributed by atoms with Gasteiger partial charge in [0.1, 0.15) is 5.82 Å². The molecule has 0 aliphatic rings. The minimum Gasteiger partial charge on any atom is -0.261 e. The zero-order chi connectivity index (χ0) is 14.5. The summed E-state index contributed by atoms with van der Waals surface area (Å²) in [4.78, 5) is 4.59. The lowest BCUT2D eigenvalue weighted by Crippen LogP contribution is -2.01. The first kappa shape index (κ1) is 14.5. The van der Waals surface area contributed by atoms with E-state index in [1.54, 1.807) is 0 Å². The number of nitrogens with zero attached hydrogens (tertiary/aromatic N) is 2. The number of pyridine rings is 1. The molecule has 0 bridgehead atoms. The quantitative estimate of drug-likeness (QED) is 0.627. The van der Waals surface area contributed by atoms with Crippen LogP contribution in [0.2, 0.25) is 0 Å². The number of rotatable bonds is 5. The summed E-state index contributed by atoms with van der Waals surface area (Å²) in [7, 11) is 0. The number of anilines is 1. The summed E-state index contributed by atoms with van der Waals surface area (Å²) in [5.74, 6) is 1.52. The molecule has 0 spiro atoms. The van der Waals surface area contributed by atoms with Crippen LogP contribution in [-0.4, -0.2) is 10.7 Å². The van der Waals surface area contributed by atoms with Crippen molar-refractivity contribution in [2.75, 3.05) is 5.43 Å². The van der Waals surface area contributed by atoms with Crippen LogP contribution in [0.3, 0.4) is 0 Å². The third kappa shape index (κ3) is 3.80. The number of nitrogens with one attached hydrogen (secondary N) is 1. The molecule has 106 valence electrons. The van der Waals surface area contributed by atoms with Crippen molar-refractivity contribution in [2.24, 2.45) is 11.0 Å². The summed E-state index contributed by atoms with van der Waals surface area (Å²) in [5, 5.41) is 5.61. The largest absolute Gasteiger partial charge is 0.261 e. The molecule has 0 fully saturated rings. The van der Waals surface area contributed by atoms with Crippen LogP contribution in [-0.2, 0) is 0 Å². The molecule has 0 aliphatic carbocycles. The van der Waals surface area contributed by atoms with Crippen molar-refractivity contribution in [3.05, 3.63) is 35.9 Å². The van der Waals surface area contributed by atoms with Crippen molar-refractivity contribution in [1.82, 2.24) is 4.98 Å². The van der Waals surface area contributed by atoms with E-state index in [9.17, 15) is 0 Å². The minimum absolute atomic E-state index is 0.709. The molecule has 0 unspecified atom stereocenters. The second kappa shape index (κ2) is 6.51.